The van der Waals surface area contributed by atoms with Gasteiger partial charge in [-0.15, -0.1) is 0 Å². The first-order chi connectivity index (χ1) is 9.45. The number of rotatable bonds is 5. The summed E-state index contributed by atoms with van der Waals surface area (Å²) in [5.41, 5.74) is 1.68. The van der Waals surface area contributed by atoms with Crippen molar-refractivity contribution in [2.24, 2.45) is 0 Å². The van der Waals surface area contributed by atoms with Crippen LogP contribution in [0.4, 0.5) is 5.69 Å². The van der Waals surface area contributed by atoms with E-state index in [0.717, 1.165) is 12.0 Å². The maximum absolute atomic E-state index is 12.1. The van der Waals surface area contributed by atoms with Crippen molar-refractivity contribution in [3.8, 4) is 0 Å². The van der Waals surface area contributed by atoms with E-state index in [4.69, 9.17) is 4.74 Å². The van der Waals surface area contributed by atoms with Gasteiger partial charge in [0.05, 0.1) is 11.5 Å². The van der Waals surface area contributed by atoms with Crippen LogP contribution in [-0.2, 0) is 26.0 Å². The third-order valence-corrected chi connectivity index (χ3v) is 4.70. The lowest BCUT2D eigenvalue weighted by molar-refractivity contribution is -0.116. The zero-order valence-electron chi connectivity index (χ0n) is 11.5. The van der Waals surface area contributed by atoms with E-state index in [1.54, 1.807) is 23.1 Å². The van der Waals surface area contributed by atoms with Gasteiger partial charge < -0.3 is 9.64 Å². The molecule has 1 amide bonds. The summed E-state index contributed by atoms with van der Waals surface area (Å²) in [6.45, 7) is 2.61. The van der Waals surface area contributed by atoms with Crippen LogP contribution in [0.2, 0.25) is 0 Å². The lowest BCUT2D eigenvalue weighted by Gasteiger charge is -2.15. The summed E-state index contributed by atoms with van der Waals surface area (Å²) in [5.74, 6) is -0.0781. The molecule has 1 aliphatic rings. The van der Waals surface area contributed by atoms with Crippen molar-refractivity contribution >= 4 is 21.6 Å². The first-order valence-corrected chi connectivity index (χ1v) is 7.83. The Labute approximate surface area is 118 Å². The van der Waals surface area contributed by atoms with Crippen LogP contribution in [0.25, 0.3) is 0 Å². The van der Waals surface area contributed by atoms with Gasteiger partial charge in [0.15, 0.2) is 0 Å². The number of carbonyl (C=O) groups is 1. The Balaban J connectivity index is 2.27. The molecular weight excluding hydrogens is 280 g/mol. The summed E-state index contributed by atoms with van der Waals surface area (Å²) >= 11 is 0. The number of hydrogen-bond donors (Lipinski definition) is 1. The minimum Gasteiger partial charge on any atom is -0.383 e. The van der Waals surface area contributed by atoms with Gasteiger partial charge in [-0.25, -0.2) is 13.1 Å². The monoisotopic (exact) mass is 298 g/mol. The van der Waals surface area contributed by atoms with E-state index in [9.17, 15) is 13.2 Å². The maximum Gasteiger partial charge on any atom is 0.240 e. The van der Waals surface area contributed by atoms with E-state index in [0.29, 0.717) is 18.8 Å². The number of nitrogens with one attached hydrogen (secondary N) is 1. The summed E-state index contributed by atoms with van der Waals surface area (Å²) < 4.78 is 31.5. The lowest BCUT2D eigenvalue weighted by Crippen LogP contribution is -2.28. The molecule has 0 fully saturated rings. The molecule has 1 aromatic carbocycles. The van der Waals surface area contributed by atoms with Gasteiger partial charge in [-0.2, -0.15) is 0 Å². The van der Waals surface area contributed by atoms with E-state index in [1.807, 2.05) is 0 Å². The zero-order chi connectivity index (χ0) is 14.8. The molecule has 0 spiro atoms. The minimum absolute atomic E-state index is 0.0781. The number of nitrogens with zero attached hydrogens (tertiary/aromatic N) is 1. The van der Waals surface area contributed by atoms with E-state index < -0.39 is 10.0 Å². The molecule has 0 aromatic heterocycles. The Morgan fingerprint density at radius 3 is 2.85 bits per heavy atom. The molecule has 0 atom stereocenters. The first-order valence-electron chi connectivity index (χ1n) is 6.35. The van der Waals surface area contributed by atoms with Crippen LogP contribution >= 0.6 is 0 Å². The van der Waals surface area contributed by atoms with E-state index >= 15 is 0 Å². The molecule has 2 rings (SSSR count). The molecule has 1 aromatic rings. The summed E-state index contributed by atoms with van der Waals surface area (Å²) in [5, 5.41) is 0. The van der Waals surface area contributed by atoms with Gasteiger partial charge in [-0.3, -0.25) is 4.79 Å². The standard InChI is InChI=1S/C13H18N2O4S/c1-10(16)15-7-5-11-3-4-12(9-13(11)15)20(17,18)14-6-8-19-2/h3-4,9,14H,5-8H2,1-2H3. The van der Waals surface area contributed by atoms with Crippen LogP contribution in [0.5, 0.6) is 0 Å². The second-order valence-corrected chi connectivity index (χ2v) is 6.37. The van der Waals surface area contributed by atoms with Crippen LogP contribution < -0.4 is 9.62 Å². The molecule has 0 bridgehead atoms. The molecule has 1 N–H and O–H groups in total. The van der Waals surface area contributed by atoms with Crippen LogP contribution in [-0.4, -0.2) is 41.1 Å². The highest BCUT2D eigenvalue weighted by molar-refractivity contribution is 7.89. The number of amides is 1. The van der Waals surface area contributed by atoms with Crippen molar-refractivity contribution in [1.29, 1.82) is 0 Å². The van der Waals surface area contributed by atoms with Crippen molar-refractivity contribution in [2.45, 2.75) is 18.2 Å². The number of hydrogen-bond acceptors (Lipinski definition) is 4. The molecule has 0 unspecified atom stereocenters. The molecule has 6 nitrogen and oxygen atoms in total. The van der Waals surface area contributed by atoms with E-state index in [-0.39, 0.29) is 17.3 Å². The molecule has 0 saturated heterocycles. The molecule has 1 heterocycles. The summed E-state index contributed by atoms with van der Waals surface area (Å²) in [7, 11) is -2.06. The Morgan fingerprint density at radius 2 is 2.20 bits per heavy atom. The Kier molecular flexibility index (Phi) is 4.42. The molecule has 110 valence electrons. The Hall–Kier alpha value is -1.44. The van der Waals surface area contributed by atoms with Crippen LogP contribution in [0.1, 0.15) is 12.5 Å². The fourth-order valence-corrected chi connectivity index (χ4v) is 3.25. The molecule has 0 radical (unpaired) electrons. The van der Waals surface area contributed by atoms with Crippen LogP contribution in [0, 0.1) is 0 Å². The second kappa shape index (κ2) is 5.90. The van der Waals surface area contributed by atoms with Crippen molar-refractivity contribution in [3.63, 3.8) is 0 Å². The Morgan fingerprint density at radius 1 is 1.45 bits per heavy atom. The van der Waals surface area contributed by atoms with Gasteiger partial charge >= 0.3 is 0 Å². The van der Waals surface area contributed by atoms with E-state index in [1.165, 1.54) is 14.0 Å². The Bertz CT molecular complexity index is 613. The van der Waals surface area contributed by atoms with Gasteiger partial charge in [-0.1, -0.05) is 6.07 Å². The normalized spacial score (nSPS) is 14.4. The third-order valence-electron chi connectivity index (χ3n) is 3.24. The van der Waals surface area contributed by atoms with Crippen molar-refractivity contribution in [1.82, 2.24) is 4.72 Å². The number of carbonyl (C=O) groups excluding carboxylic acids is 1. The summed E-state index contributed by atoms with van der Waals surface area (Å²) in [6.07, 6.45) is 0.756. The quantitative estimate of drug-likeness (QED) is 0.804. The van der Waals surface area contributed by atoms with Crippen LogP contribution in [0.15, 0.2) is 23.1 Å². The molecule has 20 heavy (non-hydrogen) atoms. The third kappa shape index (κ3) is 3.00. The molecule has 1 aliphatic heterocycles. The number of ether oxygens (including phenoxy) is 1. The number of methoxy groups -OCH3 is 1. The predicted octanol–water partition coefficient (Wildman–Crippen LogP) is 0.520. The molecule has 0 aliphatic carbocycles. The summed E-state index contributed by atoms with van der Waals surface area (Å²) in [6, 6.07) is 4.89. The smallest absolute Gasteiger partial charge is 0.240 e. The topological polar surface area (TPSA) is 75.7 Å². The largest absolute Gasteiger partial charge is 0.383 e. The molecule has 7 heteroatoms. The van der Waals surface area contributed by atoms with Crippen molar-refractivity contribution in [2.75, 3.05) is 31.7 Å². The highest BCUT2D eigenvalue weighted by atomic mass is 32.2. The maximum atomic E-state index is 12.1. The highest BCUT2D eigenvalue weighted by Crippen LogP contribution is 2.30. The zero-order valence-corrected chi connectivity index (χ0v) is 12.4. The van der Waals surface area contributed by atoms with E-state index in [2.05, 4.69) is 4.72 Å². The number of anilines is 1. The van der Waals surface area contributed by atoms with Gasteiger partial charge in [0.1, 0.15) is 0 Å². The van der Waals surface area contributed by atoms with Crippen LogP contribution in [0.3, 0.4) is 0 Å². The average molecular weight is 298 g/mol. The van der Waals surface area contributed by atoms with Crippen molar-refractivity contribution in [3.05, 3.63) is 23.8 Å². The minimum atomic E-state index is -3.57. The lowest BCUT2D eigenvalue weighted by atomic mass is 10.2. The average Bonchev–Trinajstić information content (AvgIpc) is 2.81. The van der Waals surface area contributed by atoms with Gasteiger partial charge in [-0.05, 0) is 24.1 Å². The first kappa shape index (κ1) is 15.0. The molecule has 0 saturated carbocycles. The highest BCUT2D eigenvalue weighted by Gasteiger charge is 2.24. The van der Waals surface area contributed by atoms with Gasteiger partial charge in [0.25, 0.3) is 0 Å². The summed E-state index contributed by atoms with van der Waals surface area (Å²) in [4.78, 5) is 13.3. The SMILES string of the molecule is COCCNS(=O)(=O)c1ccc2c(c1)N(C(C)=O)CC2. The number of sulfonamides is 1. The second-order valence-electron chi connectivity index (χ2n) is 4.60. The number of benzene rings is 1. The fourth-order valence-electron chi connectivity index (χ4n) is 2.21. The fraction of sp³-hybridized carbons (Fsp3) is 0.462. The molecular formula is C13H18N2O4S. The number of fused-ring (bicyclic) bond motifs is 1. The van der Waals surface area contributed by atoms with Crippen molar-refractivity contribution < 1.29 is 17.9 Å². The van der Waals surface area contributed by atoms with Gasteiger partial charge in [0.2, 0.25) is 15.9 Å². The predicted molar refractivity (Wildman–Crippen MR) is 75.2 cm³/mol. The van der Waals surface area contributed by atoms with Gasteiger partial charge in [0, 0.05) is 32.8 Å².